The molecule has 6 nitrogen and oxygen atoms in total. The molecule has 0 radical (unpaired) electrons. The Bertz CT molecular complexity index is 681. The number of fused-ring (bicyclic) bond motifs is 1. The molecule has 2 unspecified atom stereocenters. The number of carbonyl (C=O) groups is 2. The number of aliphatic carboxylic acids is 1. The van der Waals surface area contributed by atoms with Gasteiger partial charge < -0.3 is 19.5 Å². The lowest BCUT2D eigenvalue weighted by Gasteiger charge is -2.28. The van der Waals surface area contributed by atoms with Crippen molar-refractivity contribution in [3.8, 4) is 5.75 Å². The second-order valence-electron chi connectivity index (χ2n) is 7.99. The molecule has 0 bridgehead atoms. The predicted molar refractivity (Wildman–Crippen MR) is 91.8 cm³/mol. The number of rotatable bonds is 3. The normalized spacial score (nSPS) is 25.4. The topological polar surface area (TPSA) is 76.1 Å². The first-order chi connectivity index (χ1) is 11.7. The first kappa shape index (κ1) is 17.6. The Labute approximate surface area is 147 Å². The highest BCUT2D eigenvalue weighted by Crippen LogP contribution is 2.45. The Hall–Kier alpha value is -2.24. The first-order valence-corrected chi connectivity index (χ1v) is 8.63. The second kappa shape index (κ2) is 6.24. The van der Waals surface area contributed by atoms with Gasteiger partial charge in [-0.25, -0.2) is 4.79 Å². The third kappa shape index (κ3) is 3.57. The van der Waals surface area contributed by atoms with Crippen LogP contribution in [-0.4, -0.2) is 47.4 Å². The van der Waals surface area contributed by atoms with E-state index in [-0.39, 0.29) is 12.5 Å². The maximum atomic E-state index is 12.3. The summed E-state index contributed by atoms with van der Waals surface area (Å²) in [6, 6.07) is 7.75. The summed E-state index contributed by atoms with van der Waals surface area (Å²) in [5, 5.41) is 9.88. The van der Waals surface area contributed by atoms with E-state index in [1.165, 1.54) is 4.90 Å². The van der Waals surface area contributed by atoms with Gasteiger partial charge in [-0.15, -0.1) is 0 Å². The molecule has 25 heavy (non-hydrogen) atoms. The molecule has 2 aliphatic rings. The number of carbonyl (C=O) groups excluding carboxylic acids is 1. The maximum Gasteiger partial charge on any atom is 0.410 e. The van der Waals surface area contributed by atoms with Crippen LogP contribution in [0, 0.1) is 5.41 Å². The average molecular weight is 347 g/mol. The van der Waals surface area contributed by atoms with Crippen molar-refractivity contribution in [1.29, 1.82) is 0 Å². The summed E-state index contributed by atoms with van der Waals surface area (Å²) in [6.07, 6.45) is 0.442. The van der Waals surface area contributed by atoms with E-state index in [0.29, 0.717) is 26.0 Å². The van der Waals surface area contributed by atoms with Crippen LogP contribution in [0.15, 0.2) is 24.3 Å². The van der Waals surface area contributed by atoms with Crippen molar-refractivity contribution in [2.75, 3.05) is 19.7 Å². The molecule has 1 amide bonds. The van der Waals surface area contributed by atoms with Gasteiger partial charge in [-0.05, 0) is 39.7 Å². The predicted octanol–water partition coefficient (Wildman–Crippen LogP) is 3.26. The molecule has 1 aromatic carbocycles. The van der Waals surface area contributed by atoms with Gasteiger partial charge in [0, 0.05) is 24.6 Å². The Morgan fingerprint density at radius 2 is 2.08 bits per heavy atom. The van der Waals surface area contributed by atoms with Gasteiger partial charge in [-0.3, -0.25) is 4.79 Å². The van der Waals surface area contributed by atoms with Crippen LogP contribution >= 0.6 is 0 Å². The number of carboxylic acids is 1. The van der Waals surface area contributed by atoms with Crippen LogP contribution in [0.25, 0.3) is 0 Å². The first-order valence-electron chi connectivity index (χ1n) is 8.63. The van der Waals surface area contributed by atoms with Crippen molar-refractivity contribution in [3.63, 3.8) is 0 Å². The van der Waals surface area contributed by atoms with Gasteiger partial charge in [0.1, 0.15) is 11.4 Å². The van der Waals surface area contributed by atoms with E-state index in [9.17, 15) is 14.7 Å². The number of carboxylic acid groups (broad SMARTS) is 1. The van der Waals surface area contributed by atoms with Gasteiger partial charge in [0.05, 0.1) is 12.0 Å². The zero-order valence-corrected chi connectivity index (χ0v) is 14.9. The molecular weight excluding hydrogens is 322 g/mol. The summed E-state index contributed by atoms with van der Waals surface area (Å²) in [4.78, 5) is 25.9. The number of likely N-dealkylation sites (tertiary alicyclic amines) is 1. The Morgan fingerprint density at radius 1 is 1.36 bits per heavy atom. The molecule has 2 aliphatic heterocycles. The molecule has 0 aromatic heterocycles. The van der Waals surface area contributed by atoms with Gasteiger partial charge in [-0.1, -0.05) is 18.2 Å². The number of hydrogen-bond donors (Lipinski definition) is 1. The fourth-order valence-electron chi connectivity index (χ4n) is 3.65. The minimum atomic E-state index is -0.956. The lowest BCUT2D eigenvalue weighted by atomic mass is 9.77. The summed E-state index contributed by atoms with van der Waals surface area (Å²) in [5.41, 5.74) is -0.495. The van der Waals surface area contributed by atoms with Crippen molar-refractivity contribution in [3.05, 3.63) is 29.8 Å². The van der Waals surface area contributed by atoms with E-state index < -0.39 is 23.1 Å². The highest BCUT2D eigenvalue weighted by Gasteiger charge is 2.49. The number of nitrogens with zero attached hydrogens (tertiary/aromatic N) is 1. The number of para-hydroxylation sites is 1. The van der Waals surface area contributed by atoms with Crippen LogP contribution in [0.2, 0.25) is 0 Å². The molecule has 6 heteroatoms. The van der Waals surface area contributed by atoms with E-state index in [2.05, 4.69) is 0 Å². The SMILES string of the molecule is CC(C)(C)OC(=O)N1CCC(CC2COc3ccccc32)(C(=O)O)C1. The zero-order valence-electron chi connectivity index (χ0n) is 14.9. The average Bonchev–Trinajstić information content (AvgIpc) is 3.12. The largest absolute Gasteiger partial charge is 0.493 e. The van der Waals surface area contributed by atoms with E-state index >= 15 is 0 Å². The van der Waals surface area contributed by atoms with Gasteiger partial charge >= 0.3 is 12.1 Å². The summed E-state index contributed by atoms with van der Waals surface area (Å²) >= 11 is 0. The second-order valence-corrected chi connectivity index (χ2v) is 7.99. The van der Waals surface area contributed by atoms with Crippen molar-refractivity contribution in [1.82, 2.24) is 4.90 Å². The summed E-state index contributed by atoms with van der Waals surface area (Å²) < 4.78 is 11.1. The molecule has 0 aliphatic carbocycles. The molecule has 136 valence electrons. The van der Waals surface area contributed by atoms with E-state index in [0.717, 1.165) is 11.3 Å². The smallest absolute Gasteiger partial charge is 0.410 e. The van der Waals surface area contributed by atoms with Crippen LogP contribution in [-0.2, 0) is 9.53 Å². The minimum Gasteiger partial charge on any atom is -0.493 e. The molecule has 1 N–H and O–H groups in total. The van der Waals surface area contributed by atoms with Gasteiger partial charge in [0.2, 0.25) is 0 Å². The highest BCUT2D eigenvalue weighted by molar-refractivity contribution is 5.78. The number of benzene rings is 1. The number of amides is 1. The molecule has 0 spiro atoms. The van der Waals surface area contributed by atoms with Crippen LogP contribution in [0.5, 0.6) is 5.75 Å². The molecular formula is C19H25NO5. The Morgan fingerprint density at radius 3 is 2.76 bits per heavy atom. The van der Waals surface area contributed by atoms with Crippen LogP contribution in [0.1, 0.15) is 45.1 Å². The summed E-state index contributed by atoms with van der Waals surface area (Å²) in [5.74, 6) is 0.00357. The third-order valence-corrected chi connectivity index (χ3v) is 4.90. The minimum absolute atomic E-state index is 0.0332. The van der Waals surface area contributed by atoms with Crippen molar-refractivity contribution in [2.24, 2.45) is 5.41 Å². The molecule has 1 fully saturated rings. The lowest BCUT2D eigenvalue weighted by Crippen LogP contribution is -2.40. The Kier molecular flexibility index (Phi) is 4.39. The van der Waals surface area contributed by atoms with E-state index in [1.54, 1.807) is 20.8 Å². The van der Waals surface area contributed by atoms with Crippen LogP contribution in [0.3, 0.4) is 0 Å². The third-order valence-electron chi connectivity index (χ3n) is 4.90. The quantitative estimate of drug-likeness (QED) is 0.908. The Balaban J connectivity index is 1.74. The molecule has 3 rings (SSSR count). The van der Waals surface area contributed by atoms with E-state index in [4.69, 9.17) is 9.47 Å². The fourth-order valence-corrected chi connectivity index (χ4v) is 3.65. The van der Waals surface area contributed by atoms with Crippen LogP contribution in [0.4, 0.5) is 4.79 Å². The van der Waals surface area contributed by atoms with Crippen molar-refractivity contribution in [2.45, 2.75) is 45.1 Å². The van der Waals surface area contributed by atoms with Gasteiger partial charge in [-0.2, -0.15) is 0 Å². The molecule has 0 saturated carbocycles. The molecule has 1 aromatic rings. The number of ether oxygens (including phenoxy) is 2. The highest BCUT2D eigenvalue weighted by atomic mass is 16.6. The van der Waals surface area contributed by atoms with Crippen molar-refractivity contribution < 1.29 is 24.2 Å². The maximum absolute atomic E-state index is 12.3. The number of hydrogen-bond acceptors (Lipinski definition) is 4. The fraction of sp³-hybridized carbons (Fsp3) is 0.579. The standard InChI is InChI=1S/C19H25NO5/c1-18(2,3)25-17(23)20-9-8-19(12-20,16(21)22)10-13-11-24-15-7-5-4-6-14(13)15/h4-7,13H,8-12H2,1-3H3,(H,21,22). The molecule has 2 atom stereocenters. The lowest BCUT2D eigenvalue weighted by molar-refractivity contribution is -0.148. The van der Waals surface area contributed by atoms with E-state index in [1.807, 2.05) is 24.3 Å². The van der Waals surface area contributed by atoms with Crippen LogP contribution < -0.4 is 4.74 Å². The summed E-state index contributed by atoms with van der Waals surface area (Å²) in [6.45, 7) is 6.47. The monoisotopic (exact) mass is 347 g/mol. The molecule has 1 saturated heterocycles. The van der Waals surface area contributed by atoms with Gasteiger partial charge in [0.15, 0.2) is 0 Å². The van der Waals surface area contributed by atoms with Gasteiger partial charge in [0.25, 0.3) is 0 Å². The zero-order chi connectivity index (χ0) is 18.2. The molecule has 2 heterocycles. The van der Waals surface area contributed by atoms with Crippen molar-refractivity contribution >= 4 is 12.1 Å². The summed E-state index contributed by atoms with van der Waals surface area (Å²) in [7, 11) is 0.